The van der Waals surface area contributed by atoms with Crippen molar-refractivity contribution in [2.75, 3.05) is 0 Å². The molecule has 0 fully saturated rings. The maximum absolute atomic E-state index is 2.41. The van der Waals surface area contributed by atoms with Crippen molar-refractivity contribution in [1.29, 1.82) is 0 Å². The predicted octanol–water partition coefficient (Wildman–Crippen LogP) is 5.26. The van der Waals surface area contributed by atoms with Crippen LogP contribution in [0.5, 0.6) is 0 Å². The van der Waals surface area contributed by atoms with E-state index in [4.69, 9.17) is 0 Å². The molecule has 0 bridgehead atoms. The summed E-state index contributed by atoms with van der Waals surface area (Å²) in [5, 5.41) is 0. The fraction of sp³-hybridized carbons (Fsp3) is 0.714. The van der Waals surface area contributed by atoms with Crippen LogP contribution in [0.3, 0.4) is 0 Å². The van der Waals surface area contributed by atoms with Gasteiger partial charge < -0.3 is 0 Å². The van der Waals surface area contributed by atoms with Crippen molar-refractivity contribution < 1.29 is 0 Å². The van der Waals surface area contributed by atoms with E-state index in [2.05, 4.69) is 39.8 Å². The maximum Gasteiger partial charge on any atom is -0.0288 e. The lowest BCUT2D eigenvalue weighted by molar-refractivity contribution is 0.725. The molecular weight excluding hydrogens is 168 g/mol. The van der Waals surface area contributed by atoms with Gasteiger partial charge in [-0.25, -0.2) is 0 Å². The Bertz CT molecular complexity index is 180. The molecule has 0 N–H and O–H groups in total. The SMILES string of the molecule is CCCCCC=C(C)CCC=C(C)C. The normalized spacial score (nSPS) is 11.6. The van der Waals surface area contributed by atoms with Crippen LogP contribution in [0, 0.1) is 0 Å². The van der Waals surface area contributed by atoms with Gasteiger partial charge in [-0.05, 0) is 46.5 Å². The second-order valence-electron chi connectivity index (χ2n) is 4.37. The minimum absolute atomic E-state index is 1.21. The fourth-order valence-electron chi connectivity index (χ4n) is 1.43. The Kier molecular flexibility index (Phi) is 8.72. The molecule has 0 saturated carbocycles. The maximum atomic E-state index is 2.41. The average molecular weight is 194 g/mol. The highest BCUT2D eigenvalue weighted by molar-refractivity contribution is 5.01. The van der Waals surface area contributed by atoms with Gasteiger partial charge in [0.15, 0.2) is 0 Å². The standard InChI is InChI=1S/C14H26/c1-5-6-7-8-11-14(4)12-9-10-13(2)3/h10-11H,5-9,12H2,1-4H3. The van der Waals surface area contributed by atoms with E-state index in [1.54, 1.807) is 5.57 Å². The van der Waals surface area contributed by atoms with Crippen LogP contribution in [0.15, 0.2) is 23.3 Å². The lowest BCUT2D eigenvalue weighted by atomic mass is 10.1. The summed E-state index contributed by atoms with van der Waals surface area (Å²) in [6, 6.07) is 0. The van der Waals surface area contributed by atoms with Crippen LogP contribution < -0.4 is 0 Å². The molecule has 0 aliphatic rings. The second kappa shape index (κ2) is 9.05. The third-order valence-electron chi connectivity index (χ3n) is 2.39. The zero-order valence-corrected chi connectivity index (χ0v) is 10.4. The van der Waals surface area contributed by atoms with Crippen molar-refractivity contribution in [3.8, 4) is 0 Å². The van der Waals surface area contributed by atoms with Gasteiger partial charge in [-0.2, -0.15) is 0 Å². The van der Waals surface area contributed by atoms with Crippen LogP contribution in [0.4, 0.5) is 0 Å². The number of hydrogen-bond donors (Lipinski definition) is 0. The molecular formula is C14H26. The molecule has 0 aromatic carbocycles. The van der Waals surface area contributed by atoms with Crippen LogP contribution in [-0.2, 0) is 0 Å². The zero-order chi connectivity index (χ0) is 10.8. The molecule has 0 spiro atoms. The van der Waals surface area contributed by atoms with Crippen LogP contribution in [-0.4, -0.2) is 0 Å². The van der Waals surface area contributed by atoms with Gasteiger partial charge in [-0.15, -0.1) is 0 Å². The lowest BCUT2D eigenvalue weighted by Gasteiger charge is -1.99. The molecule has 0 amide bonds. The van der Waals surface area contributed by atoms with Crippen LogP contribution >= 0.6 is 0 Å². The molecule has 0 atom stereocenters. The largest absolute Gasteiger partial charge is 0.0856 e. The molecule has 82 valence electrons. The summed E-state index contributed by atoms with van der Waals surface area (Å²) in [6.45, 7) is 8.84. The van der Waals surface area contributed by atoms with Gasteiger partial charge in [0, 0.05) is 0 Å². The van der Waals surface area contributed by atoms with Crippen molar-refractivity contribution in [1.82, 2.24) is 0 Å². The van der Waals surface area contributed by atoms with E-state index < -0.39 is 0 Å². The molecule has 14 heavy (non-hydrogen) atoms. The van der Waals surface area contributed by atoms with Gasteiger partial charge in [0.05, 0.1) is 0 Å². The van der Waals surface area contributed by atoms with Gasteiger partial charge in [-0.1, -0.05) is 43.1 Å². The predicted molar refractivity (Wildman–Crippen MR) is 66.6 cm³/mol. The highest BCUT2D eigenvalue weighted by Gasteiger charge is 1.89. The molecule has 0 radical (unpaired) electrons. The summed E-state index contributed by atoms with van der Waals surface area (Å²) in [5.74, 6) is 0. The first-order valence-electron chi connectivity index (χ1n) is 5.95. The number of hydrogen-bond acceptors (Lipinski definition) is 0. The molecule has 0 saturated heterocycles. The van der Waals surface area contributed by atoms with Gasteiger partial charge in [-0.3, -0.25) is 0 Å². The molecule has 0 aliphatic heterocycles. The first-order valence-corrected chi connectivity index (χ1v) is 5.95. The highest BCUT2D eigenvalue weighted by atomic mass is 14.0. The minimum Gasteiger partial charge on any atom is -0.0856 e. The van der Waals surface area contributed by atoms with Crippen molar-refractivity contribution in [3.63, 3.8) is 0 Å². The van der Waals surface area contributed by atoms with Crippen LogP contribution in [0.2, 0.25) is 0 Å². The Morgan fingerprint density at radius 1 is 0.929 bits per heavy atom. The quantitative estimate of drug-likeness (QED) is 0.383. The summed E-state index contributed by atoms with van der Waals surface area (Å²) in [7, 11) is 0. The van der Waals surface area contributed by atoms with Gasteiger partial charge in [0.1, 0.15) is 0 Å². The number of unbranched alkanes of at least 4 members (excludes halogenated alkanes) is 3. The molecule has 0 aliphatic carbocycles. The first kappa shape index (κ1) is 13.5. The first-order chi connectivity index (χ1) is 6.66. The Balaban J connectivity index is 3.52. The molecule has 0 heterocycles. The number of allylic oxidation sites excluding steroid dienone is 4. The Morgan fingerprint density at radius 3 is 2.21 bits per heavy atom. The van der Waals surface area contributed by atoms with E-state index in [1.807, 2.05) is 0 Å². The van der Waals surface area contributed by atoms with Gasteiger partial charge in [0.25, 0.3) is 0 Å². The number of rotatable bonds is 7. The van der Waals surface area contributed by atoms with E-state index in [-0.39, 0.29) is 0 Å². The smallest absolute Gasteiger partial charge is 0.0288 e. The van der Waals surface area contributed by atoms with Crippen LogP contribution in [0.1, 0.15) is 66.2 Å². The third kappa shape index (κ3) is 9.57. The topological polar surface area (TPSA) is 0 Å². The lowest BCUT2D eigenvalue weighted by Crippen LogP contribution is -1.78. The van der Waals surface area contributed by atoms with Crippen LogP contribution in [0.25, 0.3) is 0 Å². The van der Waals surface area contributed by atoms with E-state index in [1.165, 1.54) is 44.1 Å². The minimum atomic E-state index is 1.21. The summed E-state index contributed by atoms with van der Waals surface area (Å²) >= 11 is 0. The summed E-state index contributed by atoms with van der Waals surface area (Å²) in [6.07, 6.45) is 12.5. The van der Waals surface area contributed by atoms with Gasteiger partial charge >= 0.3 is 0 Å². The van der Waals surface area contributed by atoms with E-state index in [0.29, 0.717) is 0 Å². The third-order valence-corrected chi connectivity index (χ3v) is 2.39. The van der Waals surface area contributed by atoms with E-state index in [9.17, 15) is 0 Å². The van der Waals surface area contributed by atoms with E-state index in [0.717, 1.165) is 0 Å². The van der Waals surface area contributed by atoms with E-state index >= 15 is 0 Å². The zero-order valence-electron chi connectivity index (χ0n) is 10.4. The Hall–Kier alpha value is -0.520. The van der Waals surface area contributed by atoms with Crippen molar-refractivity contribution >= 4 is 0 Å². The molecule has 0 heteroatoms. The molecule has 0 aromatic rings. The molecule has 0 nitrogen and oxygen atoms in total. The summed E-state index contributed by atoms with van der Waals surface area (Å²) in [4.78, 5) is 0. The van der Waals surface area contributed by atoms with Crippen molar-refractivity contribution in [3.05, 3.63) is 23.3 Å². The second-order valence-corrected chi connectivity index (χ2v) is 4.37. The Labute approximate surface area is 90.1 Å². The van der Waals surface area contributed by atoms with Crippen molar-refractivity contribution in [2.24, 2.45) is 0 Å². The monoisotopic (exact) mass is 194 g/mol. The van der Waals surface area contributed by atoms with Gasteiger partial charge in [0.2, 0.25) is 0 Å². The summed E-state index contributed by atoms with van der Waals surface area (Å²) in [5.41, 5.74) is 2.99. The molecule has 0 unspecified atom stereocenters. The Morgan fingerprint density at radius 2 is 1.64 bits per heavy atom. The van der Waals surface area contributed by atoms with Crippen molar-refractivity contribution in [2.45, 2.75) is 66.2 Å². The highest BCUT2D eigenvalue weighted by Crippen LogP contribution is 2.09. The fourth-order valence-corrected chi connectivity index (χ4v) is 1.43. The molecule has 0 aromatic heterocycles. The molecule has 0 rings (SSSR count). The average Bonchev–Trinajstić information content (AvgIpc) is 2.12. The summed E-state index contributed by atoms with van der Waals surface area (Å²) < 4.78 is 0.